The fourth-order valence-corrected chi connectivity index (χ4v) is 0.898. The van der Waals surface area contributed by atoms with Crippen LogP contribution in [0.4, 0.5) is 0 Å². The predicted octanol–water partition coefficient (Wildman–Crippen LogP) is 2.82. The van der Waals surface area contributed by atoms with Gasteiger partial charge in [0.2, 0.25) is 0 Å². The molecule has 0 saturated heterocycles. The molecule has 0 radical (unpaired) electrons. The topological polar surface area (TPSA) is 9.23 Å². The van der Waals surface area contributed by atoms with E-state index < -0.39 is 0 Å². The van der Waals surface area contributed by atoms with Gasteiger partial charge in [-0.05, 0) is 0 Å². The van der Waals surface area contributed by atoms with Crippen molar-refractivity contribution in [2.45, 2.75) is 0 Å². The molecular weight excluding hydrogens is 228 g/mol. The molecular formula is C13H12FeO. The first kappa shape index (κ1) is 13.6. The van der Waals surface area contributed by atoms with Gasteiger partial charge in [0.15, 0.2) is 0 Å². The first-order valence-corrected chi connectivity index (χ1v) is 4.38. The van der Waals surface area contributed by atoms with E-state index in [1.165, 1.54) is 0 Å². The molecule has 0 amide bonds. The van der Waals surface area contributed by atoms with Gasteiger partial charge < -0.3 is 4.74 Å². The van der Waals surface area contributed by atoms with Crippen molar-refractivity contribution >= 4 is 0 Å². The summed E-state index contributed by atoms with van der Waals surface area (Å²) in [6.45, 7) is 0.351. The minimum atomic E-state index is 0. The van der Waals surface area contributed by atoms with Crippen LogP contribution >= 0.6 is 0 Å². The summed E-state index contributed by atoms with van der Waals surface area (Å²) in [7, 11) is 0. The van der Waals surface area contributed by atoms with Crippen LogP contribution in [0.1, 0.15) is 0 Å². The van der Waals surface area contributed by atoms with Crippen molar-refractivity contribution in [3.05, 3.63) is 54.6 Å². The second kappa shape index (κ2) is 9.15. The second-order valence-electron chi connectivity index (χ2n) is 2.58. The zero-order valence-corrected chi connectivity index (χ0v) is 9.35. The minimum Gasteiger partial charge on any atom is -0.540 e. The van der Waals surface area contributed by atoms with Gasteiger partial charge in [-0.3, -0.25) is 0 Å². The van der Waals surface area contributed by atoms with E-state index in [0.29, 0.717) is 6.61 Å². The summed E-state index contributed by atoms with van der Waals surface area (Å²) in [4.78, 5) is 0. The number of ether oxygens (including phenoxy) is 1. The molecule has 0 fully saturated rings. The molecule has 78 valence electrons. The van der Waals surface area contributed by atoms with Gasteiger partial charge in [-0.1, -0.05) is 5.92 Å². The maximum Gasteiger partial charge on any atom is 2.00 e. The summed E-state index contributed by atoms with van der Waals surface area (Å²) in [6.07, 6.45) is 4.97. The van der Waals surface area contributed by atoms with Crippen LogP contribution < -0.4 is 4.74 Å². The fourth-order valence-electron chi connectivity index (χ4n) is 0.898. The minimum absolute atomic E-state index is 0. The van der Waals surface area contributed by atoms with Crippen molar-refractivity contribution in [2.24, 2.45) is 0 Å². The molecule has 2 aromatic carbocycles. The summed E-state index contributed by atoms with van der Waals surface area (Å²) in [6, 6.07) is 17.6. The molecule has 0 saturated carbocycles. The summed E-state index contributed by atoms with van der Waals surface area (Å²) in [5.41, 5.74) is 0. The van der Waals surface area contributed by atoms with Gasteiger partial charge in [0.25, 0.3) is 0 Å². The average Bonchev–Trinajstić information content (AvgIpc) is 2.90. The monoisotopic (exact) mass is 240 g/mol. The molecule has 2 rings (SSSR count). The van der Waals surface area contributed by atoms with Crippen LogP contribution in [-0.2, 0) is 17.1 Å². The van der Waals surface area contributed by atoms with Crippen LogP contribution in [-0.4, -0.2) is 6.61 Å². The van der Waals surface area contributed by atoms with Crippen LogP contribution in [0.3, 0.4) is 0 Å². The Hall–Kier alpha value is -1.42. The fraction of sp³-hybridized carbons (Fsp3) is 0.0769. The maximum atomic E-state index is 5.06. The predicted molar refractivity (Wildman–Crippen MR) is 58.4 cm³/mol. The number of hydrogen-bond donors (Lipinski definition) is 0. The number of terminal acetylenes is 1. The van der Waals surface area contributed by atoms with Crippen molar-refractivity contribution in [2.75, 3.05) is 6.61 Å². The summed E-state index contributed by atoms with van der Waals surface area (Å²) < 4.78 is 5.06. The Balaban J connectivity index is 0.000000280. The zero-order valence-electron chi connectivity index (χ0n) is 8.24. The Bertz CT molecular complexity index is 323. The Morgan fingerprint density at radius 1 is 1.13 bits per heavy atom. The van der Waals surface area contributed by atoms with Crippen molar-refractivity contribution in [1.82, 2.24) is 0 Å². The average molecular weight is 240 g/mol. The van der Waals surface area contributed by atoms with Crippen LogP contribution in [0.5, 0.6) is 5.75 Å². The summed E-state index contributed by atoms with van der Waals surface area (Å²) in [5, 5.41) is 0. The van der Waals surface area contributed by atoms with Crippen molar-refractivity contribution in [3.8, 4) is 18.1 Å². The molecule has 0 unspecified atom stereocenters. The first-order valence-electron chi connectivity index (χ1n) is 4.38. The third-order valence-electron chi connectivity index (χ3n) is 1.51. The van der Waals surface area contributed by atoms with E-state index in [-0.39, 0.29) is 17.1 Å². The molecule has 0 aliphatic heterocycles. The van der Waals surface area contributed by atoms with Gasteiger partial charge in [-0.25, -0.2) is 24.3 Å². The van der Waals surface area contributed by atoms with Gasteiger partial charge in [-0.15, -0.1) is 18.6 Å². The third kappa shape index (κ3) is 6.62. The second-order valence-corrected chi connectivity index (χ2v) is 2.58. The van der Waals surface area contributed by atoms with Crippen LogP contribution in [0, 0.1) is 12.3 Å². The Labute approximate surface area is 101 Å². The Morgan fingerprint density at radius 3 is 2.13 bits per heavy atom. The quantitative estimate of drug-likeness (QED) is 0.445. The molecule has 2 heteroatoms. The van der Waals surface area contributed by atoms with Gasteiger partial charge in [0.1, 0.15) is 6.61 Å². The van der Waals surface area contributed by atoms with E-state index >= 15 is 0 Å². The normalized spacial score (nSPS) is 7.67. The van der Waals surface area contributed by atoms with Crippen LogP contribution in [0.25, 0.3) is 0 Å². The van der Waals surface area contributed by atoms with Gasteiger partial charge in [-0.2, -0.15) is 18.2 Å². The number of rotatable bonds is 2. The van der Waals surface area contributed by atoms with Gasteiger partial charge in [0.05, 0.1) is 0 Å². The molecule has 2 aromatic rings. The molecule has 0 N–H and O–H groups in total. The van der Waals surface area contributed by atoms with Crippen molar-refractivity contribution in [3.63, 3.8) is 0 Å². The third-order valence-corrected chi connectivity index (χ3v) is 1.51. The number of hydrogen-bond acceptors (Lipinski definition) is 1. The van der Waals surface area contributed by atoms with E-state index in [4.69, 9.17) is 11.2 Å². The first-order chi connectivity index (χ1) is 6.93. The van der Waals surface area contributed by atoms with E-state index in [2.05, 4.69) is 5.92 Å². The van der Waals surface area contributed by atoms with E-state index in [0.717, 1.165) is 5.75 Å². The van der Waals surface area contributed by atoms with E-state index in [1.807, 2.05) is 54.6 Å². The molecule has 0 bridgehead atoms. The molecule has 0 heterocycles. The molecule has 0 aliphatic carbocycles. The standard InChI is InChI=1S/C8H7O.C5H5.Fe/c1-2-7-9-8-5-3-4-6-8;1-2-4-5-3-1;/h1,3-6H,7H2;1-5H;/q2*-1;+2. The molecule has 0 spiro atoms. The molecule has 0 aliphatic rings. The van der Waals surface area contributed by atoms with E-state index in [1.54, 1.807) is 0 Å². The van der Waals surface area contributed by atoms with Crippen molar-refractivity contribution in [1.29, 1.82) is 0 Å². The maximum absolute atomic E-state index is 5.06. The SMILES string of the molecule is C#CCO[c-]1cccc1.[Fe+2].c1cc[cH-]c1. The zero-order chi connectivity index (χ0) is 10.1. The molecule has 15 heavy (non-hydrogen) atoms. The van der Waals surface area contributed by atoms with Crippen molar-refractivity contribution < 1.29 is 21.8 Å². The molecule has 1 nitrogen and oxygen atoms in total. The molecule has 0 aromatic heterocycles. The van der Waals surface area contributed by atoms with Gasteiger partial charge >= 0.3 is 17.1 Å². The Morgan fingerprint density at radius 2 is 1.73 bits per heavy atom. The van der Waals surface area contributed by atoms with Crippen LogP contribution in [0.2, 0.25) is 0 Å². The largest absolute Gasteiger partial charge is 2.00 e. The smallest absolute Gasteiger partial charge is 0.540 e. The van der Waals surface area contributed by atoms with Crippen LogP contribution in [0.15, 0.2) is 54.6 Å². The Kier molecular flexibility index (Phi) is 8.28. The van der Waals surface area contributed by atoms with E-state index in [9.17, 15) is 0 Å². The molecule has 0 atom stereocenters. The summed E-state index contributed by atoms with van der Waals surface area (Å²) in [5.74, 6) is 3.22. The van der Waals surface area contributed by atoms with Gasteiger partial charge in [0, 0.05) is 5.75 Å². The summed E-state index contributed by atoms with van der Waals surface area (Å²) >= 11 is 0.